The molecule has 1 saturated heterocycles. The Morgan fingerprint density at radius 3 is 2.28 bits per heavy atom. The lowest BCUT2D eigenvalue weighted by atomic mass is 10.0. The smallest absolute Gasteiger partial charge is 0.321 e. The molecule has 132 valence electrons. The molecule has 6 heteroatoms. The summed E-state index contributed by atoms with van der Waals surface area (Å²) in [7, 11) is 0. The normalized spacial score (nSPS) is 16.6. The number of aliphatic carboxylic acids is 1. The van der Waals surface area contributed by atoms with E-state index in [0.717, 1.165) is 18.7 Å². The van der Waals surface area contributed by atoms with Crippen molar-refractivity contribution in [1.29, 1.82) is 0 Å². The Morgan fingerprint density at radius 1 is 1.00 bits per heavy atom. The monoisotopic (exact) mass is 378 g/mol. The number of piperazine rings is 1. The second kappa shape index (κ2) is 8.09. The van der Waals surface area contributed by atoms with Gasteiger partial charge in [-0.3, -0.25) is 9.69 Å². The molecule has 0 aromatic heterocycles. The number of hydrogen-bond acceptors (Lipinski definition) is 3. The van der Waals surface area contributed by atoms with Crippen molar-refractivity contribution < 1.29 is 9.90 Å². The van der Waals surface area contributed by atoms with Crippen LogP contribution >= 0.6 is 23.2 Å². The average Bonchev–Trinajstić information content (AvgIpc) is 2.63. The van der Waals surface area contributed by atoms with Gasteiger partial charge in [-0.2, -0.15) is 0 Å². The van der Waals surface area contributed by atoms with E-state index in [-0.39, 0.29) is 0 Å². The van der Waals surface area contributed by atoms with E-state index in [4.69, 9.17) is 23.2 Å². The average molecular weight is 379 g/mol. The first-order valence-electron chi connectivity index (χ1n) is 8.25. The molecule has 25 heavy (non-hydrogen) atoms. The van der Waals surface area contributed by atoms with Gasteiger partial charge in [0.2, 0.25) is 0 Å². The van der Waals surface area contributed by atoms with E-state index in [2.05, 4.69) is 17.0 Å². The standard InChI is InChI=1S/C19H20Cl2N2O2/c20-16-7-6-14(12-17(16)21)13-18(19(24)25)23-10-8-22(9-11-23)15-4-2-1-3-5-15/h1-7,12,18H,8-11,13H2,(H,24,25)/t18-/m0/s1. The zero-order valence-corrected chi connectivity index (χ0v) is 15.2. The van der Waals surface area contributed by atoms with Gasteiger partial charge in [-0.25, -0.2) is 0 Å². The number of carboxylic acid groups (broad SMARTS) is 1. The molecule has 4 nitrogen and oxygen atoms in total. The molecular weight excluding hydrogens is 359 g/mol. The van der Waals surface area contributed by atoms with E-state index in [0.29, 0.717) is 29.6 Å². The Kier molecular flexibility index (Phi) is 5.84. The van der Waals surface area contributed by atoms with Crippen LogP contribution in [0.25, 0.3) is 0 Å². The van der Waals surface area contributed by atoms with Crippen LogP contribution in [0.2, 0.25) is 10.0 Å². The molecular formula is C19H20Cl2N2O2. The third kappa shape index (κ3) is 4.46. The number of halogens is 2. The fraction of sp³-hybridized carbons (Fsp3) is 0.316. The van der Waals surface area contributed by atoms with E-state index in [1.807, 2.05) is 29.2 Å². The molecule has 1 fully saturated rings. The molecule has 1 atom stereocenters. The van der Waals surface area contributed by atoms with Crippen molar-refractivity contribution in [2.24, 2.45) is 0 Å². The maximum Gasteiger partial charge on any atom is 0.321 e. The number of rotatable bonds is 5. The number of hydrogen-bond donors (Lipinski definition) is 1. The van der Waals surface area contributed by atoms with Gasteiger partial charge in [0.1, 0.15) is 6.04 Å². The van der Waals surface area contributed by atoms with Gasteiger partial charge < -0.3 is 10.0 Å². The number of anilines is 1. The second-order valence-electron chi connectivity index (χ2n) is 6.17. The van der Waals surface area contributed by atoms with Crippen molar-refractivity contribution in [3.63, 3.8) is 0 Å². The molecule has 0 radical (unpaired) electrons. The molecule has 0 aliphatic carbocycles. The summed E-state index contributed by atoms with van der Waals surface area (Å²) in [6.07, 6.45) is 0.414. The Balaban J connectivity index is 1.66. The molecule has 1 N–H and O–H groups in total. The summed E-state index contributed by atoms with van der Waals surface area (Å²) in [6, 6.07) is 14.9. The van der Waals surface area contributed by atoms with Gasteiger partial charge >= 0.3 is 5.97 Å². The van der Waals surface area contributed by atoms with Crippen LogP contribution in [0.15, 0.2) is 48.5 Å². The van der Waals surface area contributed by atoms with Gasteiger partial charge in [0.15, 0.2) is 0 Å². The molecule has 0 unspecified atom stereocenters. The maximum absolute atomic E-state index is 11.8. The maximum atomic E-state index is 11.8. The Hall–Kier alpha value is -1.75. The van der Waals surface area contributed by atoms with E-state index >= 15 is 0 Å². The lowest BCUT2D eigenvalue weighted by molar-refractivity contribution is -0.143. The molecule has 0 spiro atoms. The largest absolute Gasteiger partial charge is 0.480 e. The third-order valence-electron chi connectivity index (χ3n) is 4.57. The highest BCUT2D eigenvalue weighted by atomic mass is 35.5. The lowest BCUT2D eigenvalue weighted by Gasteiger charge is -2.38. The molecule has 3 rings (SSSR count). The molecule has 0 bridgehead atoms. The van der Waals surface area contributed by atoms with Crippen LogP contribution in [0.3, 0.4) is 0 Å². The van der Waals surface area contributed by atoms with Gasteiger partial charge in [0.25, 0.3) is 0 Å². The summed E-state index contributed by atoms with van der Waals surface area (Å²) in [6.45, 7) is 3.06. The van der Waals surface area contributed by atoms with Crippen molar-refractivity contribution in [2.45, 2.75) is 12.5 Å². The molecule has 2 aromatic carbocycles. The van der Waals surface area contributed by atoms with Crippen molar-refractivity contribution in [3.05, 3.63) is 64.1 Å². The first-order valence-corrected chi connectivity index (χ1v) is 9.01. The van der Waals surface area contributed by atoms with Crippen molar-refractivity contribution >= 4 is 34.9 Å². The zero-order chi connectivity index (χ0) is 17.8. The quantitative estimate of drug-likeness (QED) is 0.858. The van der Waals surface area contributed by atoms with Gasteiger partial charge in [-0.1, -0.05) is 47.5 Å². The van der Waals surface area contributed by atoms with Crippen LogP contribution < -0.4 is 4.90 Å². The highest BCUT2D eigenvalue weighted by Gasteiger charge is 2.29. The van der Waals surface area contributed by atoms with E-state index in [9.17, 15) is 9.90 Å². The number of nitrogens with zero attached hydrogens (tertiary/aromatic N) is 2. The molecule has 0 saturated carbocycles. The summed E-state index contributed by atoms with van der Waals surface area (Å²) in [5.41, 5.74) is 2.06. The summed E-state index contributed by atoms with van der Waals surface area (Å²) < 4.78 is 0. The van der Waals surface area contributed by atoms with Crippen LogP contribution in [0.4, 0.5) is 5.69 Å². The number of carbonyl (C=O) groups is 1. The van der Waals surface area contributed by atoms with E-state index in [1.165, 1.54) is 5.69 Å². The van der Waals surface area contributed by atoms with Crippen LogP contribution in [0.5, 0.6) is 0 Å². The topological polar surface area (TPSA) is 43.8 Å². The fourth-order valence-electron chi connectivity index (χ4n) is 3.19. The summed E-state index contributed by atoms with van der Waals surface area (Å²) >= 11 is 12.0. The SMILES string of the molecule is O=C(O)[C@H](Cc1ccc(Cl)c(Cl)c1)N1CCN(c2ccccc2)CC1. The molecule has 1 aliphatic rings. The first-order chi connectivity index (χ1) is 12.0. The van der Waals surface area contributed by atoms with E-state index in [1.54, 1.807) is 12.1 Å². The molecule has 1 heterocycles. The minimum atomic E-state index is -0.806. The third-order valence-corrected chi connectivity index (χ3v) is 5.31. The Labute approximate surface area is 157 Å². The Bertz CT molecular complexity index is 731. The van der Waals surface area contributed by atoms with Gasteiger partial charge in [-0.15, -0.1) is 0 Å². The van der Waals surface area contributed by atoms with Crippen molar-refractivity contribution in [3.8, 4) is 0 Å². The van der Waals surface area contributed by atoms with Gasteiger partial charge in [-0.05, 0) is 36.2 Å². The summed E-state index contributed by atoms with van der Waals surface area (Å²) in [4.78, 5) is 16.1. The molecule has 1 aliphatic heterocycles. The highest BCUT2D eigenvalue weighted by molar-refractivity contribution is 6.42. The van der Waals surface area contributed by atoms with Crippen LogP contribution in [-0.4, -0.2) is 48.2 Å². The van der Waals surface area contributed by atoms with Crippen molar-refractivity contribution in [1.82, 2.24) is 4.90 Å². The van der Waals surface area contributed by atoms with Crippen LogP contribution in [0.1, 0.15) is 5.56 Å². The minimum Gasteiger partial charge on any atom is -0.480 e. The lowest BCUT2D eigenvalue weighted by Crippen LogP contribution is -2.53. The second-order valence-corrected chi connectivity index (χ2v) is 6.98. The predicted octanol–water partition coefficient (Wildman–Crippen LogP) is 3.81. The van der Waals surface area contributed by atoms with Crippen LogP contribution in [-0.2, 0) is 11.2 Å². The van der Waals surface area contributed by atoms with Gasteiger partial charge in [0.05, 0.1) is 10.0 Å². The van der Waals surface area contributed by atoms with E-state index < -0.39 is 12.0 Å². The number of benzene rings is 2. The minimum absolute atomic E-state index is 0.414. The molecule has 0 amide bonds. The molecule has 2 aromatic rings. The van der Waals surface area contributed by atoms with Crippen molar-refractivity contribution in [2.75, 3.05) is 31.1 Å². The van der Waals surface area contributed by atoms with Crippen LogP contribution in [0, 0.1) is 0 Å². The predicted molar refractivity (Wildman–Crippen MR) is 102 cm³/mol. The first kappa shape index (κ1) is 18.1. The summed E-state index contributed by atoms with van der Waals surface area (Å²) in [5, 5.41) is 10.6. The Morgan fingerprint density at radius 2 is 1.68 bits per heavy atom. The highest BCUT2D eigenvalue weighted by Crippen LogP contribution is 2.24. The zero-order valence-electron chi connectivity index (χ0n) is 13.7. The number of carboxylic acids is 1. The number of para-hydroxylation sites is 1. The van der Waals surface area contributed by atoms with Gasteiger partial charge in [0, 0.05) is 31.9 Å². The summed E-state index contributed by atoms with van der Waals surface area (Å²) in [5.74, 6) is -0.806. The fourth-order valence-corrected chi connectivity index (χ4v) is 3.51.